The molecule has 2 heterocycles. The van der Waals surface area contributed by atoms with Crippen LogP contribution in [0.25, 0.3) is 11.3 Å². The van der Waals surface area contributed by atoms with Crippen molar-refractivity contribution in [2.75, 3.05) is 13.1 Å². The van der Waals surface area contributed by atoms with Crippen molar-refractivity contribution in [3.05, 3.63) is 84.1 Å². The van der Waals surface area contributed by atoms with Crippen molar-refractivity contribution in [1.29, 1.82) is 0 Å². The molecule has 2 atom stereocenters. The minimum Gasteiger partial charge on any atom is -0.489 e. The smallest absolute Gasteiger partial charge is 0.323 e. The fraction of sp³-hybridized carbons (Fsp3) is 0.321. The number of rotatable bonds is 9. The van der Waals surface area contributed by atoms with E-state index in [9.17, 15) is 14.7 Å². The summed E-state index contributed by atoms with van der Waals surface area (Å²) in [6.07, 6.45) is 4.86. The largest absolute Gasteiger partial charge is 0.489 e. The van der Waals surface area contributed by atoms with Crippen LogP contribution in [0.15, 0.2) is 72.9 Å². The molecule has 0 saturated carbocycles. The third-order valence-electron chi connectivity index (χ3n) is 6.29. The molecule has 0 radical (unpaired) electrons. The Bertz CT molecular complexity index is 1130. The highest BCUT2D eigenvalue weighted by molar-refractivity contribution is 5.95. The monoisotopic (exact) mass is 473 g/mol. The van der Waals surface area contributed by atoms with Crippen LogP contribution in [0.3, 0.4) is 0 Å². The van der Waals surface area contributed by atoms with Gasteiger partial charge in [0.1, 0.15) is 18.4 Å². The van der Waals surface area contributed by atoms with E-state index in [1.807, 2.05) is 47.4 Å². The first-order chi connectivity index (χ1) is 17.0. The molecule has 1 fully saturated rings. The number of hydrogen-bond donors (Lipinski definition) is 2. The summed E-state index contributed by atoms with van der Waals surface area (Å²) in [5.41, 5.74) is 3.38. The highest BCUT2D eigenvalue weighted by Crippen LogP contribution is 2.20. The number of nitrogens with zero attached hydrogens (tertiary/aromatic N) is 2. The maximum absolute atomic E-state index is 12.8. The van der Waals surface area contributed by atoms with Crippen molar-refractivity contribution < 1.29 is 19.4 Å². The predicted molar refractivity (Wildman–Crippen MR) is 134 cm³/mol. The molecule has 1 amide bonds. The lowest BCUT2D eigenvalue weighted by molar-refractivity contribution is -0.144. The number of benzene rings is 2. The number of nitrogens with one attached hydrogen (secondary N) is 1. The summed E-state index contributed by atoms with van der Waals surface area (Å²) < 4.78 is 5.90. The minimum atomic E-state index is -0.907. The molecule has 35 heavy (non-hydrogen) atoms. The van der Waals surface area contributed by atoms with E-state index in [-0.39, 0.29) is 5.91 Å². The molecule has 1 aromatic heterocycles. The van der Waals surface area contributed by atoms with Gasteiger partial charge in [-0.05, 0) is 74.8 Å². The van der Waals surface area contributed by atoms with Crippen molar-refractivity contribution in [3.8, 4) is 17.0 Å². The van der Waals surface area contributed by atoms with E-state index < -0.39 is 18.1 Å². The maximum Gasteiger partial charge on any atom is 0.323 e. The summed E-state index contributed by atoms with van der Waals surface area (Å²) in [7, 11) is 0. The van der Waals surface area contributed by atoms with Crippen LogP contribution >= 0.6 is 0 Å². The van der Waals surface area contributed by atoms with Gasteiger partial charge in [-0.25, -0.2) is 0 Å². The van der Waals surface area contributed by atoms with Crippen molar-refractivity contribution in [3.63, 3.8) is 0 Å². The number of hydrogen-bond acceptors (Lipinski definition) is 5. The molecule has 0 spiro atoms. The lowest BCUT2D eigenvalue weighted by Crippen LogP contribution is -2.55. The third kappa shape index (κ3) is 6.45. The zero-order valence-corrected chi connectivity index (χ0v) is 19.9. The number of pyridine rings is 1. The molecule has 2 aromatic carbocycles. The Labute approximate surface area is 205 Å². The van der Waals surface area contributed by atoms with Gasteiger partial charge in [0.05, 0.1) is 11.7 Å². The number of ether oxygens (including phenoxy) is 1. The number of carbonyl (C=O) groups excluding carboxylic acids is 1. The molecule has 0 bridgehead atoms. The van der Waals surface area contributed by atoms with Gasteiger partial charge in [-0.3, -0.25) is 19.5 Å². The van der Waals surface area contributed by atoms with Gasteiger partial charge in [-0.1, -0.05) is 36.8 Å². The minimum absolute atomic E-state index is 0.297. The number of aliphatic carboxylic acids is 1. The van der Waals surface area contributed by atoms with E-state index in [0.29, 0.717) is 17.9 Å². The van der Waals surface area contributed by atoms with Crippen LogP contribution in [0.5, 0.6) is 5.75 Å². The third-order valence-corrected chi connectivity index (χ3v) is 6.29. The Morgan fingerprint density at radius 3 is 2.43 bits per heavy atom. The first kappa shape index (κ1) is 24.4. The Morgan fingerprint density at radius 1 is 1.03 bits per heavy atom. The fourth-order valence-corrected chi connectivity index (χ4v) is 4.45. The Balaban J connectivity index is 1.34. The molecule has 4 rings (SSSR count). The molecular formula is C28H31N3O4. The van der Waals surface area contributed by atoms with Crippen LogP contribution in [0, 0.1) is 0 Å². The SMILES string of the molecule is CC(NC(=O)c1ccc(OCc2ccnc(-c3ccccc3)c2)cc1)C(C(=O)O)N1CCCCC1. The zero-order valence-electron chi connectivity index (χ0n) is 19.9. The van der Waals surface area contributed by atoms with Gasteiger partial charge in [-0.2, -0.15) is 0 Å². The van der Waals surface area contributed by atoms with Crippen molar-refractivity contribution in [2.24, 2.45) is 0 Å². The zero-order chi connectivity index (χ0) is 24.6. The molecule has 2 N–H and O–H groups in total. The molecule has 3 aromatic rings. The van der Waals surface area contributed by atoms with Crippen LogP contribution < -0.4 is 10.1 Å². The molecule has 7 heteroatoms. The number of aromatic nitrogens is 1. The molecule has 182 valence electrons. The van der Waals surface area contributed by atoms with Gasteiger partial charge < -0.3 is 15.2 Å². The molecular weight excluding hydrogens is 442 g/mol. The average molecular weight is 474 g/mol. The van der Waals surface area contributed by atoms with Crippen LogP contribution in [-0.2, 0) is 11.4 Å². The van der Waals surface area contributed by atoms with Gasteiger partial charge in [0, 0.05) is 17.3 Å². The number of amides is 1. The van der Waals surface area contributed by atoms with Crippen molar-refractivity contribution in [1.82, 2.24) is 15.2 Å². The van der Waals surface area contributed by atoms with E-state index in [4.69, 9.17) is 4.74 Å². The lowest BCUT2D eigenvalue weighted by Gasteiger charge is -2.35. The van der Waals surface area contributed by atoms with Gasteiger partial charge in [0.25, 0.3) is 5.91 Å². The first-order valence-corrected chi connectivity index (χ1v) is 12.0. The van der Waals surface area contributed by atoms with Crippen molar-refractivity contribution in [2.45, 2.75) is 44.9 Å². The number of piperidine rings is 1. The first-order valence-electron chi connectivity index (χ1n) is 12.0. The van der Waals surface area contributed by atoms with Gasteiger partial charge in [-0.15, -0.1) is 0 Å². The standard InChI is InChI=1S/C28H31N3O4/c1-20(26(28(33)34)31-16-6-3-7-17-31)30-27(32)23-10-12-24(13-11-23)35-19-21-14-15-29-25(18-21)22-8-4-2-5-9-22/h2,4-5,8-15,18,20,26H,3,6-7,16-17,19H2,1H3,(H,30,32)(H,33,34). The lowest BCUT2D eigenvalue weighted by atomic mass is 10.0. The molecule has 0 aliphatic carbocycles. The average Bonchev–Trinajstić information content (AvgIpc) is 2.89. The summed E-state index contributed by atoms with van der Waals surface area (Å²) in [4.78, 5) is 31.0. The highest BCUT2D eigenvalue weighted by atomic mass is 16.5. The molecule has 1 aliphatic heterocycles. The van der Waals surface area contributed by atoms with E-state index >= 15 is 0 Å². The number of carboxylic acids is 1. The molecule has 2 unspecified atom stereocenters. The highest BCUT2D eigenvalue weighted by Gasteiger charge is 2.32. The normalized spacial score (nSPS) is 15.7. The van der Waals surface area contributed by atoms with Gasteiger partial charge in [0.2, 0.25) is 0 Å². The van der Waals surface area contributed by atoms with E-state index in [1.54, 1.807) is 37.4 Å². The van der Waals surface area contributed by atoms with E-state index in [2.05, 4.69) is 10.3 Å². The molecule has 1 aliphatic rings. The maximum atomic E-state index is 12.8. The quantitative estimate of drug-likeness (QED) is 0.479. The molecule has 1 saturated heterocycles. The number of carboxylic acid groups (broad SMARTS) is 1. The van der Waals surface area contributed by atoms with E-state index in [0.717, 1.165) is 49.2 Å². The predicted octanol–water partition coefficient (Wildman–Crippen LogP) is 4.39. The summed E-state index contributed by atoms with van der Waals surface area (Å²) in [5, 5.41) is 12.6. The van der Waals surface area contributed by atoms with Crippen LogP contribution in [-0.4, -0.2) is 52.0 Å². The summed E-state index contributed by atoms with van der Waals surface area (Å²) in [6, 6.07) is 19.5. The molecule has 7 nitrogen and oxygen atoms in total. The van der Waals surface area contributed by atoms with Crippen molar-refractivity contribution >= 4 is 11.9 Å². The van der Waals surface area contributed by atoms with Crippen LogP contribution in [0.2, 0.25) is 0 Å². The van der Waals surface area contributed by atoms with Crippen LogP contribution in [0.1, 0.15) is 42.1 Å². The summed E-state index contributed by atoms with van der Waals surface area (Å²) in [5.74, 6) is -0.562. The Morgan fingerprint density at radius 2 is 1.74 bits per heavy atom. The second-order valence-corrected chi connectivity index (χ2v) is 8.87. The Kier molecular flexibility index (Phi) is 8.11. The number of carbonyl (C=O) groups is 2. The topological polar surface area (TPSA) is 91.8 Å². The fourth-order valence-electron chi connectivity index (χ4n) is 4.45. The summed E-state index contributed by atoms with van der Waals surface area (Å²) >= 11 is 0. The van der Waals surface area contributed by atoms with Gasteiger partial charge >= 0.3 is 5.97 Å². The van der Waals surface area contributed by atoms with Gasteiger partial charge in [0.15, 0.2) is 0 Å². The second-order valence-electron chi connectivity index (χ2n) is 8.87. The Hall–Kier alpha value is -3.71. The second kappa shape index (κ2) is 11.6. The number of likely N-dealkylation sites (tertiary alicyclic amines) is 1. The van der Waals surface area contributed by atoms with E-state index in [1.165, 1.54) is 0 Å². The van der Waals surface area contributed by atoms with Crippen LogP contribution in [0.4, 0.5) is 0 Å². The summed E-state index contributed by atoms with van der Waals surface area (Å²) in [6.45, 7) is 3.61.